The first-order valence-corrected chi connectivity index (χ1v) is 17.0. The van der Waals surface area contributed by atoms with E-state index in [9.17, 15) is 19.2 Å². The fourth-order valence-electron chi connectivity index (χ4n) is 5.97. The number of rotatable bonds is 1. The van der Waals surface area contributed by atoms with E-state index in [1.807, 2.05) is 0 Å². The van der Waals surface area contributed by atoms with Crippen LogP contribution in [0.4, 0.5) is 0 Å². The molecule has 0 aromatic rings. The molecule has 4 saturated heterocycles. The number of ether oxygens (including phenoxy) is 4. The molecule has 2 aliphatic carbocycles. The van der Waals surface area contributed by atoms with Gasteiger partial charge in [0.15, 0.2) is 11.6 Å². The van der Waals surface area contributed by atoms with Crippen LogP contribution in [0, 0.1) is 0 Å². The number of hydrogen-bond acceptors (Lipinski definition) is 15. The summed E-state index contributed by atoms with van der Waals surface area (Å²) in [5.74, 6) is -1.96. The Bertz CT molecular complexity index is 937. The molecule has 0 bridgehead atoms. The number of piperazine rings is 2. The number of likely N-dealkylation sites (N-methyl/N-ethyl adjacent to an activating group) is 2. The first-order valence-electron chi connectivity index (χ1n) is 17.0. The second kappa shape index (κ2) is 26.6. The number of nitrogens with zero attached hydrogens (tertiary/aromatic N) is 3. The van der Waals surface area contributed by atoms with E-state index in [4.69, 9.17) is 18.9 Å². The van der Waals surface area contributed by atoms with Gasteiger partial charge in [-0.2, -0.15) is 0 Å². The Hall–Kier alpha value is -1.18. The Labute approximate surface area is 322 Å². The van der Waals surface area contributed by atoms with Gasteiger partial charge in [-0.25, -0.2) is 19.4 Å². The van der Waals surface area contributed by atoms with Crippen LogP contribution in [0.3, 0.4) is 0 Å². The van der Waals surface area contributed by atoms with Crippen molar-refractivity contribution in [1.29, 1.82) is 0 Å². The van der Waals surface area contributed by atoms with Gasteiger partial charge in [-0.05, 0) is 26.9 Å². The average Bonchev–Trinajstić information content (AvgIpc) is 3.74. The Morgan fingerprint density at radius 1 is 0.700 bits per heavy atom. The Morgan fingerprint density at radius 3 is 1.42 bits per heavy atom. The number of ketones is 1. The van der Waals surface area contributed by atoms with E-state index in [2.05, 4.69) is 56.6 Å². The third-order valence-corrected chi connectivity index (χ3v) is 8.75. The maximum atomic E-state index is 10.9. The van der Waals surface area contributed by atoms with E-state index >= 15 is 0 Å². The summed E-state index contributed by atoms with van der Waals surface area (Å²) in [4.78, 5) is 55.1. The second-order valence-corrected chi connectivity index (χ2v) is 12.6. The van der Waals surface area contributed by atoms with Gasteiger partial charge in [-0.15, -0.1) is 0 Å². The summed E-state index contributed by atoms with van der Waals surface area (Å²) in [6.45, 7) is 16.1. The van der Waals surface area contributed by atoms with Crippen LogP contribution < -0.4 is 34.9 Å². The summed E-state index contributed by atoms with van der Waals surface area (Å²) in [5.41, 5.74) is 0. The zero-order valence-corrected chi connectivity index (χ0v) is 32.6. The molecular formula is C33H61BN4NaO11. The molecule has 3 radical (unpaired) electrons. The van der Waals surface area contributed by atoms with Crippen molar-refractivity contribution in [2.45, 2.75) is 97.2 Å². The molecule has 17 heteroatoms. The van der Waals surface area contributed by atoms with E-state index in [1.165, 1.54) is 59.0 Å². The van der Waals surface area contributed by atoms with Crippen LogP contribution in [0.2, 0.25) is 0 Å². The van der Waals surface area contributed by atoms with Crippen LogP contribution in [-0.4, -0.2) is 157 Å². The average molecular weight is 724 g/mol. The molecule has 6 fully saturated rings. The topological polar surface area (TPSA) is 155 Å². The summed E-state index contributed by atoms with van der Waals surface area (Å²) in [7, 11) is 8.69. The van der Waals surface area contributed by atoms with Crippen molar-refractivity contribution in [3.8, 4) is 0 Å². The summed E-state index contributed by atoms with van der Waals surface area (Å²) >= 11 is 0. The fourth-order valence-corrected chi connectivity index (χ4v) is 5.97. The normalized spacial score (nSPS) is 23.0. The van der Waals surface area contributed by atoms with Crippen LogP contribution >= 0.6 is 0 Å². The van der Waals surface area contributed by atoms with Gasteiger partial charge in [0.1, 0.15) is 5.78 Å². The van der Waals surface area contributed by atoms with E-state index in [1.54, 1.807) is 0 Å². The minimum atomic E-state index is -0.639. The number of Topliss-reactive ketones (excluding diaryl/α,β-unsaturated/α-hetero) is 1. The van der Waals surface area contributed by atoms with Gasteiger partial charge in [0, 0.05) is 118 Å². The molecule has 1 N–H and O–H groups in total. The molecule has 0 aromatic heterocycles. The minimum Gasteiger partial charge on any atom is -0.793 e. The summed E-state index contributed by atoms with van der Waals surface area (Å²) < 4.78 is 26.1. The molecular weight excluding hydrogens is 662 g/mol. The van der Waals surface area contributed by atoms with Crippen LogP contribution in [-0.2, 0) is 52.6 Å². The number of carbonyl (C=O) groups is 4. The molecule has 50 heavy (non-hydrogen) atoms. The number of hydrogen-bond donors (Lipinski definition) is 1. The van der Waals surface area contributed by atoms with Crippen molar-refractivity contribution in [3.05, 3.63) is 0 Å². The first kappa shape index (κ1) is 48.8. The zero-order chi connectivity index (χ0) is 35.4. The molecule has 0 amide bonds. The van der Waals surface area contributed by atoms with Crippen LogP contribution in [0.25, 0.3) is 0 Å². The quantitative estimate of drug-likeness (QED) is 0.192. The minimum absolute atomic E-state index is 0. The van der Waals surface area contributed by atoms with Gasteiger partial charge < -0.3 is 46.8 Å². The maximum absolute atomic E-state index is 10.9. The molecule has 15 nitrogen and oxygen atoms in total. The Morgan fingerprint density at radius 2 is 1.08 bits per heavy atom. The van der Waals surface area contributed by atoms with Crippen molar-refractivity contribution in [1.82, 2.24) is 20.0 Å². The molecule has 2 saturated carbocycles. The van der Waals surface area contributed by atoms with E-state index in [0.717, 1.165) is 71.9 Å². The Kier molecular flexibility index (Phi) is 25.9. The van der Waals surface area contributed by atoms with Crippen molar-refractivity contribution < 1.29 is 82.1 Å². The predicted molar refractivity (Wildman–Crippen MR) is 182 cm³/mol. The monoisotopic (exact) mass is 723 g/mol. The maximum Gasteiger partial charge on any atom is 1.00 e. The standard InChI is InChI=1S/C13H24N2O2.C8H12O3.C5H12N2.C4H6O4.C2H3BO2.CH4.Na/c1-14-6-8-15(9-7-14)12-2-4-13(5-3-12)16-10-11-17-13;9-7-1-3-8(4-2-7)10-5-6-11-8;1-7-4-2-6-3-5-7;1-3(5)7-8-4(2)6;1-2(4)5-3;;/h12H,2-11H2,1H3;1-6H2;6H,2-5H2,1H3;1-2H3;1H3;1H4;/q;;;;-1;;+1. The molecule has 0 atom stereocenters. The fraction of sp³-hybridized carbons (Fsp3) is 0.879. The third kappa shape index (κ3) is 20.2. The molecule has 0 aromatic carbocycles. The van der Waals surface area contributed by atoms with Gasteiger partial charge >= 0.3 is 41.5 Å². The number of nitrogens with one attached hydrogen (secondary N) is 1. The predicted octanol–water partition coefficient (Wildman–Crippen LogP) is -1.39. The third-order valence-electron chi connectivity index (χ3n) is 8.75. The first-order chi connectivity index (χ1) is 22.9. The van der Waals surface area contributed by atoms with E-state index in [0.29, 0.717) is 31.8 Å². The molecule has 6 rings (SSSR count). The van der Waals surface area contributed by atoms with Gasteiger partial charge in [-0.3, -0.25) is 14.5 Å². The SMILES string of the molecule is C.CC(=O)OOC(C)=O.CN1CCN(C2CCC3(CC2)OCCO3)CC1.CN1CCNCC1.O=C1CCC2(CC1)OCCO2.[B-]OC(C)=O.[Na+]. The van der Waals surface area contributed by atoms with Crippen molar-refractivity contribution in [3.63, 3.8) is 0 Å². The van der Waals surface area contributed by atoms with Crippen LogP contribution in [0.15, 0.2) is 0 Å². The largest absolute Gasteiger partial charge is 1.00 e. The van der Waals surface area contributed by atoms with Crippen molar-refractivity contribution >= 4 is 31.7 Å². The van der Waals surface area contributed by atoms with Gasteiger partial charge in [0.05, 0.1) is 26.4 Å². The number of carbonyl (C=O) groups excluding carboxylic acids is 4. The van der Waals surface area contributed by atoms with Gasteiger partial charge in [0.25, 0.3) is 0 Å². The van der Waals surface area contributed by atoms with Crippen molar-refractivity contribution in [2.24, 2.45) is 0 Å². The molecule has 0 unspecified atom stereocenters. The zero-order valence-electron chi connectivity index (χ0n) is 30.6. The smallest absolute Gasteiger partial charge is 0.793 e. The van der Waals surface area contributed by atoms with Crippen LogP contribution in [0.1, 0.15) is 79.6 Å². The Balaban J connectivity index is 0.000000638. The van der Waals surface area contributed by atoms with E-state index < -0.39 is 17.9 Å². The molecule has 6 aliphatic rings. The van der Waals surface area contributed by atoms with E-state index in [-0.39, 0.29) is 48.6 Å². The van der Waals surface area contributed by atoms with Gasteiger partial charge in [-0.1, -0.05) is 7.43 Å². The van der Waals surface area contributed by atoms with Crippen LogP contribution in [0.5, 0.6) is 0 Å². The molecule has 283 valence electrons. The van der Waals surface area contributed by atoms with Gasteiger partial charge in [0.2, 0.25) is 5.97 Å². The summed E-state index contributed by atoms with van der Waals surface area (Å²) in [6.07, 6.45) is 7.42. The summed E-state index contributed by atoms with van der Waals surface area (Å²) in [6, 6.07) is 0.766. The molecule has 4 heterocycles. The molecule has 4 aliphatic heterocycles. The molecule has 2 spiro atoms. The second-order valence-electron chi connectivity index (χ2n) is 12.6. The summed E-state index contributed by atoms with van der Waals surface area (Å²) in [5, 5.41) is 3.27. The van der Waals surface area contributed by atoms with Crippen molar-refractivity contribution in [2.75, 3.05) is 92.9 Å².